The topological polar surface area (TPSA) is 63.6 Å². The van der Waals surface area contributed by atoms with Crippen LogP contribution in [0.15, 0.2) is 18.2 Å². The number of aromatic carboxylic acids is 1. The Labute approximate surface area is 95.0 Å². The molecule has 4 nitrogen and oxygen atoms in total. The second-order valence-electron chi connectivity index (χ2n) is 2.83. The number of carboxylic acids is 1. The standard InChI is InChI=1S/C10H9BrO4/c1-6(12)15-9-7(5-11)3-2-4-8(9)10(13)14/h2-4H,5H2,1H3,(H,13,14). The van der Waals surface area contributed by atoms with E-state index in [1.807, 2.05) is 0 Å². The first-order valence-electron chi connectivity index (χ1n) is 4.15. The summed E-state index contributed by atoms with van der Waals surface area (Å²) in [5, 5.41) is 9.32. The molecule has 0 saturated heterocycles. The molecule has 0 amide bonds. The van der Waals surface area contributed by atoms with Gasteiger partial charge >= 0.3 is 11.9 Å². The molecule has 15 heavy (non-hydrogen) atoms. The lowest BCUT2D eigenvalue weighted by Gasteiger charge is -2.09. The molecule has 0 saturated carbocycles. The minimum Gasteiger partial charge on any atom is -0.478 e. The van der Waals surface area contributed by atoms with Crippen molar-refractivity contribution in [3.8, 4) is 5.75 Å². The first kappa shape index (κ1) is 11.7. The van der Waals surface area contributed by atoms with E-state index in [0.29, 0.717) is 10.9 Å². The van der Waals surface area contributed by atoms with Crippen LogP contribution in [-0.2, 0) is 10.1 Å². The SMILES string of the molecule is CC(=O)Oc1c(CBr)cccc1C(=O)O. The number of carboxylic acid groups (broad SMARTS) is 1. The molecule has 0 fully saturated rings. The number of hydrogen-bond acceptors (Lipinski definition) is 3. The summed E-state index contributed by atoms with van der Waals surface area (Å²) in [5.41, 5.74) is 0.618. The highest BCUT2D eigenvalue weighted by atomic mass is 79.9. The van der Waals surface area contributed by atoms with Crippen LogP contribution in [0.4, 0.5) is 0 Å². The zero-order chi connectivity index (χ0) is 11.4. The summed E-state index contributed by atoms with van der Waals surface area (Å²) < 4.78 is 4.88. The van der Waals surface area contributed by atoms with E-state index in [2.05, 4.69) is 15.9 Å². The minimum absolute atomic E-state index is 0.0119. The Kier molecular flexibility index (Phi) is 3.85. The van der Waals surface area contributed by atoms with Gasteiger partial charge in [-0.25, -0.2) is 4.79 Å². The summed E-state index contributed by atoms with van der Waals surface area (Å²) in [6, 6.07) is 4.69. The van der Waals surface area contributed by atoms with Crippen molar-refractivity contribution >= 4 is 27.9 Å². The average Bonchev–Trinajstić information content (AvgIpc) is 2.16. The molecule has 0 aromatic heterocycles. The van der Waals surface area contributed by atoms with Gasteiger partial charge in [0.05, 0.1) is 0 Å². The number of para-hydroxylation sites is 1. The van der Waals surface area contributed by atoms with Crippen molar-refractivity contribution in [1.82, 2.24) is 0 Å². The minimum atomic E-state index is -1.12. The van der Waals surface area contributed by atoms with Crippen LogP contribution >= 0.6 is 15.9 Å². The largest absolute Gasteiger partial charge is 0.478 e. The lowest BCUT2D eigenvalue weighted by atomic mass is 10.1. The van der Waals surface area contributed by atoms with E-state index in [1.165, 1.54) is 13.0 Å². The molecule has 0 radical (unpaired) electrons. The van der Waals surface area contributed by atoms with Crippen LogP contribution in [0.5, 0.6) is 5.75 Å². The number of ether oxygens (including phenoxy) is 1. The molecule has 0 aliphatic carbocycles. The first-order valence-corrected chi connectivity index (χ1v) is 5.28. The number of alkyl halides is 1. The van der Waals surface area contributed by atoms with Crippen LogP contribution in [0, 0.1) is 0 Å². The van der Waals surface area contributed by atoms with E-state index in [1.54, 1.807) is 12.1 Å². The molecule has 0 aliphatic heterocycles. The van der Waals surface area contributed by atoms with Crippen molar-refractivity contribution in [2.75, 3.05) is 0 Å². The average molecular weight is 273 g/mol. The number of rotatable bonds is 3. The van der Waals surface area contributed by atoms with Gasteiger partial charge < -0.3 is 9.84 Å². The Morgan fingerprint density at radius 1 is 1.47 bits per heavy atom. The molecule has 1 aromatic rings. The molecule has 1 rings (SSSR count). The Hall–Kier alpha value is -1.36. The van der Waals surface area contributed by atoms with Gasteiger partial charge in [0.15, 0.2) is 0 Å². The van der Waals surface area contributed by atoms with Crippen molar-refractivity contribution in [2.45, 2.75) is 12.3 Å². The number of esters is 1. The van der Waals surface area contributed by atoms with Gasteiger partial charge in [0.25, 0.3) is 0 Å². The van der Waals surface area contributed by atoms with Gasteiger partial charge in [0.1, 0.15) is 11.3 Å². The molecule has 1 N–H and O–H groups in total. The monoisotopic (exact) mass is 272 g/mol. The fraction of sp³-hybridized carbons (Fsp3) is 0.200. The zero-order valence-electron chi connectivity index (χ0n) is 7.99. The van der Waals surface area contributed by atoms with Crippen LogP contribution < -0.4 is 4.74 Å². The Balaban J connectivity index is 3.26. The molecule has 0 unspecified atom stereocenters. The smallest absolute Gasteiger partial charge is 0.339 e. The second-order valence-corrected chi connectivity index (χ2v) is 3.39. The van der Waals surface area contributed by atoms with Crippen LogP contribution in [0.3, 0.4) is 0 Å². The quantitative estimate of drug-likeness (QED) is 0.521. The molecule has 0 aliphatic rings. The summed E-state index contributed by atoms with van der Waals surface area (Å²) in [6.45, 7) is 1.23. The van der Waals surface area contributed by atoms with E-state index >= 15 is 0 Å². The number of hydrogen-bond donors (Lipinski definition) is 1. The maximum absolute atomic E-state index is 10.9. The van der Waals surface area contributed by atoms with Crippen molar-refractivity contribution < 1.29 is 19.4 Å². The molecular weight excluding hydrogens is 264 g/mol. The van der Waals surface area contributed by atoms with Gasteiger partial charge in [0, 0.05) is 17.8 Å². The molecular formula is C10H9BrO4. The molecule has 0 bridgehead atoms. The lowest BCUT2D eigenvalue weighted by Crippen LogP contribution is -2.09. The predicted molar refractivity (Wildman–Crippen MR) is 57.3 cm³/mol. The van der Waals surface area contributed by atoms with Gasteiger partial charge in [0.2, 0.25) is 0 Å². The van der Waals surface area contributed by atoms with Crippen molar-refractivity contribution in [1.29, 1.82) is 0 Å². The van der Waals surface area contributed by atoms with Crippen LogP contribution in [0.2, 0.25) is 0 Å². The van der Waals surface area contributed by atoms with Crippen LogP contribution in [0.1, 0.15) is 22.8 Å². The van der Waals surface area contributed by atoms with Gasteiger partial charge in [-0.15, -0.1) is 0 Å². The van der Waals surface area contributed by atoms with Crippen LogP contribution in [-0.4, -0.2) is 17.0 Å². The fourth-order valence-corrected chi connectivity index (χ4v) is 1.56. The number of carbonyl (C=O) groups is 2. The normalized spacial score (nSPS) is 9.73. The third kappa shape index (κ3) is 2.79. The zero-order valence-corrected chi connectivity index (χ0v) is 9.58. The second kappa shape index (κ2) is 4.93. The highest BCUT2D eigenvalue weighted by Gasteiger charge is 2.16. The van der Waals surface area contributed by atoms with E-state index in [0.717, 1.165) is 0 Å². The van der Waals surface area contributed by atoms with Crippen molar-refractivity contribution in [3.05, 3.63) is 29.3 Å². The molecule has 0 atom stereocenters. The maximum atomic E-state index is 10.9. The fourth-order valence-electron chi connectivity index (χ4n) is 1.12. The maximum Gasteiger partial charge on any atom is 0.339 e. The Morgan fingerprint density at radius 2 is 2.13 bits per heavy atom. The van der Waals surface area contributed by atoms with Crippen molar-refractivity contribution in [3.63, 3.8) is 0 Å². The first-order chi connectivity index (χ1) is 7.06. The summed E-state index contributed by atoms with van der Waals surface area (Å²) in [7, 11) is 0. The highest BCUT2D eigenvalue weighted by molar-refractivity contribution is 9.08. The third-order valence-electron chi connectivity index (χ3n) is 1.72. The molecule has 0 spiro atoms. The summed E-state index contributed by atoms with van der Waals surface area (Å²) >= 11 is 3.20. The molecule has 1 aromatic carbocycles. The van der Waals surface area contributed by atoms with E-state index in [4.69, 9.17) is 9.84 Å². The predicted octanol–water partition coefficient (Wildman–Crippen LogP) is 2.20. The molecule has 80 valence electrons. The van der Waals surface area contributed by atoms with Gasteiger partial charge in [-0.05, 0) is 6.07 Å². The number of benzene rings is 1. The number of carbonyl (C=O) groups excluding carboxylic acids is 1. The third-order valence-corrected chi connectivity index (χ3v) is 2.32. The summed E-state index contributed by atoms with van der Waals surface area (Å²) in [6.07, 6.45) is 0. The van der Waals surface area contributed by atoms with E-state index in [9.17, 15) is 9.59 Å². The van der Waals surface area contributed by atoms with Gasteiger partial charge in [-0.2, -0.15) is 0 Å². The molecule has 5 heteroatoms. The number of halogens is 1. The molecule has 0 heterocycles. The van der Waals surface area contributed by atoms with Crippen LogP contribution in [0.25, 0.3) is 0 Å². The van der Waals surface area contributed by atoms with Gasteiger partial charge in [-0.3, -0.25) is 4.79 Å². The van der Waals surface area contributed by atoms with Crippen molar-refractivity contribution in [2.24, 2.45) is 0 Å². The van der Waals surface area contributed by atoms with E-state index in [-0.39, 0.29) is 11.3 Å². The Bertz CT molecular complexity index is 400. The van der Waals surface area contributed by atoms with Gasteiger partial charge in [-0.1, -0.05) is 28.1 Å². The van der Waals surface area contributed by atoms with E-state index < -0.39 is 11.9 Å². The summed E-state index contributed by atoms with van der Waals surface area (Å²) in [4.78, 5) is 21.7. The Morgan fingerprint density at radius 3 is 2.60 bits per heavy atom. The lowest BCUT2D eigenvalue weighted by molar-refractivity contribution is -0.131. The highest BCUT2D eigenvalue weighted by Crippen LogP contribution is 2.26. The summed E-state index contributed by atoms with van der Waals surface area (Å²) in [5.74, 6) is -1.55.